The Morgan fingerprint density at radius 1 is 1.22 bits per heavy atom. The number of rotatable bonds is 8. The molecule has 1 aromatic carbocycles. The number of hydrogen-bond donors (Lipinski definition) is 1. The normalized spacial score (nSPS) is 10.9. The molecule has 0 aliphatic rings. The van der Waals surface area contributed by atoms with Crippen molar-refractivity contribution in [1.29, 1.82) is 0 Å². The van der Waals surface area contributed by atoms with Crippen molar-refractivity contribution in [3.63, 3.8) is 0 Å². The minimum Gasteiger partial charge on any atom is -0.372 e. The van der Waals surface area contributed by atoms with E-state index in [1.165, 1.54) is 6.07 Å². The van der Waals surface area contributed by atoms with E-state index in [0.717, 1.165) is 32.5 Å². The molecule has 3 heteroatoms. The van der Waals surface area contributed by atoms with Crippen molar-refractivity contribution in [2.24, 2.45) is 5.92 Å². The van der Waals surface area contributed by atoms with Crippen molar-refractivity contribution in [3.05, 3.63) is 30.1 Å². The van der Waals surface area contributed by atoms with Gasteiger partial charge in [0, 0.05) is 13.6 Å². The molecule has 102 valence electrons. The van der Waals surface area contributed by atoms with E-state index in [-0.39, 0.29) is 5.82 Å². The van der Waals surface area contributed by atoms with E-state index < -0.39 is 0 Å². The van der Waals surface area contributed by atoms with Crippen molar-refractivity contribution in [2.45, 2.75) is 26.7 Å². The number of para-hydroxylation sites is 1. The Hall–Kier alpha value is -1.09. The highest BCUT2D eigenvalue weighted by molar-refractivity contribution is 5.46. The topological polar surface area (TPSA) is 15.3 Å². The van der Waals surface area contributed by atoms with Gasteiger partial charge in [-0.2, -0.15) is 0 Å². The molecule has 18 heavy (non-hydrogen) atoms. The maximum absolute atomic E-state index is 13.5. The predicted molar refractivity (Wildman–Crippen MR) is 76.6 cm³/mol. The van der Waals surface area contributed by atoms with Gasteiger partial charge in [0.1, 0.15) is 5.82 Å². The van der Waals surface area contributed by atoms with Gasteiger partial charge in [-0.3, -0.25) is 0 Å². The third-order valence-corrected chi connectivity index (χ3v) is 2.91. The molecule has 0 aromatic heterocycles. The van der Waals surface area contributed by atoms with Crippen LogP contribution in [0, 0.1) is 11.7 Å². The fraction of sp³-hybridized carbons (Fsp3) is 0.600. The van der Waals surface area contributed by atoms with Crippen molar-refractivity contribution < 1.29 is 4.39 Å². The molecule has 2 nitrogen and oxygen atoms in total. The fourth-order valence-corrected chi connectivity index (χ4v) is 1.87. The number of nitrogens with zero attached hydrogens (tertiary/aromatic N) is 1. The van der Waals surface area contributed by atoms with Gasteiger partial charge >= 0.3 is 0 Å². The highest BCUT2D eigenvalue weighted by Crippen LogP contribution is 2.17. The molecule has 0 aliphatic heterocycles. The summed E-state index contributed by atoms with van der Waals surface area (Å²) in [6, 6.07) is 6.93. The first-order valence-corrected chi connectivity index (χ1v) is 6.77. The summed E-state index contributed by atoms with van der Waals surface area (Å²) >= 11 is 0. The Morgan fingerprint density at radius 2 is 1.94 bits per heavy atom. The minimum absolute atomic E-state index is 0.141. The van der Waals surface area contributed by atoms with E-state index in [0.29, 0.717) is 11.6 Å². The summed E-state index contributed by atoms with van der Waals surface area (Å²) in [5.74, 6) is 0.559. The molecule has 0 amide bonds. The number of halogens is 1. The SMILES string of the molecule is CC(C)CNCCCCN(C)c1ccccc1F. The standard InChI is InChI=1S/C15H25FN2/c1-13(2)12-17-10-6-7-11-18(3)15-9-5-4-8-14(15)16/h4-5,8-9,13,17H,6-7,10-12H2,1-3H3. The Labute approximate surface area is 110 Å². The van der Waals surface area contributed by atoms with Gasteiger partial charge < -0.3 is 10.2 Å². The van der Waals surface area contributed by atoms with Crippen LogP contribution in [-0.4, -0.2) is 26.7 Å². The van der Waals surface area contributed by atoms with Crippen molar-refractivity contribution in [3.8, 4) is 0 Å². The summed E-state index contributed by atoms with van der Waals surface area (Å²) in [7, 11) is 1.94. The van der Waals surface area contributed by atoms with E-state index in [2.05, 4.69) is 19.2 Å². The van der Waals surface area contributed by atoms with Crippen LogP contribution in [0.4, 0.5) is 10.1 Å². The zero-order valence-corrected chi connectivity index (χ0v) is 11.7. The molecule has 1 N–H and O–H groups in total. The Balaban J connectivity index is 2.18. The lowest BCUT2D eigenvalue weighted by atomic mass is 10.2. The Kier molecular flexibility index (Phi) is 6.73. The number of benzene rings is 1. The van der Waals surface area contributed by atoms with E-state index in [9.17, 15) is 4.39 Å². The van der Waals surface area contributed by atoms with Gasteiger partial charge in [-0.15, -0.1) is 0 Å². The van der Waals surface area contributed by atoms with Gasteiger partial charge in [0.15, 0.2) is 0 Å². The van der Waals surface area contributed by atoms with Crippen LogP contribution in [0.1, 0.15) is 26.7 Å². The van der Waals surface area contributed by atoms with Crippen LogP contribution in [0.25, 0.3) is 0 Å². The lowest BCUT2D eigenvalue weighted by Crippen LogP contribution is -2.23. The Morgan fingerprint density at radius 3 is 2.61 bits per heavy atom. The Bertz CT molecular complexity index is 339. The first kappa shape index (κ1) is 15.0. The fourth-order valence-electron chi connectivity index (χ4n) is 1.87. The average molecular weight is 252 g/mol. The van der Waals surface area contributed by atoms with Crippen LogP contribution < -0.4 is 10.2 Å². The van der Waals surface area contributed by atoms with E-state index in [1.807, 2.05) is 24.1 Å². The quantitative estimate of drug-likeness (QED) is 0.714. The molecule has 0 spiro atoms. The summed E-state index contributed by atoms with van der Waals surface area (Å²) in [4.78, 5) is 1.98. The van der Waals surface area contributed by atoms with Gasteiger partial charge in [0.25, 0.3) is 0 Å². The van der Waals surface area contributed by atoms with Gasteiger partial charge in [0.2, 0.25) is 0 Å². The molecule has 0 atom stereocenters. The lowest BCUT2D eigenvalue weighted by Gasteiger charge is -2.19. The predicted octanol–water partition coefficient (Wildman–Crippen LogP) is 3.29. The third kappa shape index (κ3) is 5.50. The smallest absolute Gasteiger partial charge is 0.146 e. The third-order valence-electron chi connectivity index (χ3n) is 2.91. The minimum atomic E-state index is -0.141. The molecule has 0 radical (unpaired) electrons. The molecular weight excluding hydrogens is 227 g/mol. The molecule has 1 rings (SSSR count). The summed E-state index contributed by atoms with van der Waals surface area (Å²) in [6.45, 7) is 7.43. The second kappa shape index (κ2) is 8.09. The summed E-state index contributed by atoms with van der Waals surface area (Å²) in [6.07, 6.45) is 2.21. The van der Waals surface area contributed by atoms with Crippen LogP contribution in [0.15, 0.2) is 24.3 Å². The number of anilines is 1. The van der Waals surface area contributed by atoms with Crippen LogP contribution in [0.3, 0.4) is 0 Å². The molecular formula is C15H25FN2. The monoisotopic (exact) mass is 252 g/mol. The first-order chi connectivity index (χ1) is 8.61. The molecule has 0 bridgehead atoms. The van der Waals surface area contributed by atoms with Crippen LogP contribution in [0.2, 0.25) is 0 Å². The van der Waals surface area contributed by atoms with Crippen molar-refractivity contribution in [2.75, 3.05) is 31.6 Å². The number of nitrogens with one attached hydrogen (secondary N) is 1. The van der Waals surface area contributed by atoms with Gasteiger partial charge in [0.05, 0.1) is 5.69 Å². The van der Waals surface area contributed by atoms with Gasteiger partial charge in [-0.05, 0) is 44.0 Å². The molecule has 0 unspecified atom stereocenters. The van der Waals surface area contributed by atoms with Gasteiger partial charge in [-0.25, -0.2) is 4.39 Å². The maximum atomic E-state index is 13.5. The summed E-state index contributed by atoms with van der Waals surface area (Å²) in [5.41, 5.74) is 0.688. The zero-order chi connectivity index (χ0) is 13.4. The lowest BCUT2D eigenvalue weighted by molar-refractivity contribution is 0.535. The molecule has 1 aromatic rings. The van der Waals surface area contributed by atoms with Crippen LogP contribution >= 0.6 is 0 Å². The molecule has 0 fully saturated rings. The second-order valence-electron chi connectivity index (χ2n) is 5.18. The summed E-state index contributed by atoms with van der Waals surface area (Å²) < 4.78 is 13.5. The number of unbranched alkanes of at least 4 members (excludes halogenated alkanes) is 1. The van der Waals surface area contributed by atoms with Crippen LogP contribution in [0.5, 0.6) is 0 Å². The highest BCUT2D eigenvalue weighted by atomic mass is 19.1. The average Bonchev–Trinajstić information content (AvgIpc) is 2.33. The highest BCUT2D eigenvalue weighted by Gasteiger charge is 2.05. The number of hydrogen-bond acceptors (Lipinski definition) is 2. The first-order valence-electron chi connectivity index (χ1n) is 6.77. The van der Waals surface area contributed by atoms with Crippen LogP contribution in [-0.2, 0) is 0 Å². The largest absolute Gasteiger partial charge is 0.372 e. The molecule has 0 heterocycles. The van der Waals surface area contributed by atoms with Crippen molar-refractivity contribution in [1.82, 2.24) is 5.32 Å². The zero-order valence-electron chi connectivity index (χ0n) is 11.7. The summed E-state index contributed by atoms with van der Waals surface area (Å²) in [5, 5.41) is 3.42. The van der Waals surface area contributed by atoms with Crippen molar-refractivity contribution >= 4 is 5.69 Å². The maximum Gasteiger partial charge on any atom is 0.146 e. The molecule has 0 saturated heterocycles. The molecule has 0 saturated carbocycles. The molecule has 0 aliphatic carbocycles. The van der Waals surface area contributed by atoms with E-state index in [1.54, 1.807) is 6.07 Å². The van der Waals surface area contributed by atoms with E-state index >= 15 is 0 Å². The van der Waals surface area contributed by atoms with E-state index in [4.69, 9.17) is 0 Å². The van der Waals surface area contributed by atoms with Gasteiger partial charge in [-0.1, -0.05) is 26.0 Å². The second-order valence-corrected chi connectivity index (χ2v) is 5.18.